The smallest absolute Gasteiger partial charge is 0.260 e. The molecular formula is C25H21N3O4S. The highest BCUT2D eigenvalue weighted by Gasteiger charge is 2.27. The fraction of sp³-hybridized carbons (Fsp3) is 0.0400. The van der Waals surface area contributed by atoms with E-state index in [9.17, 15) is 18.0 Å². The van der Waals surface area contributed by atoms with E-state index in [1.807, 2.05) is 48.6 Å². The molecule has 0 spiro atoms. The Hall–Kier alpha value is -4.01. The van der Waals surface area contributed by atoms with E-state index < -0.39 is 21.8 Å². The number of carbonyl (C=O) groups excluding carboxylic acids is 2. The molecule has 1 aliphatic rings. The molecule has 7 nitrogen and oxygen atoms in total. The van der Waals surface area contributed by atoms with E-state index in [0.717, 1.165) is 16.7 Å². The van der Waals surface area contributed by atoms with Gasteiger partial charge in [0.15, 0.2) is 0 Å². The van der Waals surface area contributed by atoms with Gasteiger partial charge in [0.05, 0.1) is 10.5 Å². The summed E-state index contributed by atoms with van der Waals surface area (Å²) in [6.45, 7) is 0.346. The summed E-state index contributed by atoms with van der Waals surface area (Å²) in [6, 6.07) is 21.2. The molecule has 1 heterocycles. The maximum Gasteiger partial charge on any atom is 0.260 e. The molecule has 3 aromatic carbocycles. The van der Waals surface area contributed by atoms with Crippen LogP contribution in [0.1, 0.15) is 32.6 Å². The van der Waals surface area contributed by atoms with Crippen LogP contribution in [-0.4, -0.2) is 20.2 Å². The number of amides is 2. The lowest BCUT2D eigenvalue weighted by Crippen LogP contribution is -2.37. The van der Waals surface area contributed by atoms with Gasteiger partial charge in [-0.2, -0.15) is 0 Å². The van der Waals surface area contributed by atoms with Gasteiger partial charge in [0.2, 0.25) is 10.0 Å². The van der Waals surface area contributed by atoms with Gasteiger partial charge in [-0.1, -0.05) is 60.7 Å². The molecule has 3 aromatic rings. The first kappa shape index (κ1) is 22.2. The number of hydrogen-bond acceptors (Lipinski definition) is 5. The lowest BCUT2D eigenvalue weighted by Gasteiger charge is -2.19. The first-order chi connectivity index (χ1) is 15.8. The summed E-state index contributed by atoms with van der Waals surface area (Å²) < 4.78 is 22.7. The highest BCUT2D eigenvalue weighted by Crippen LogP contribution is 2.26. The maximum atomic E-state index is 12.5. The molecule has 0 saturated heterocycles. The number of fused-ring (bicyclic) bond motifs is 1. The third-order valence-electron chi connectivity index (χ3n) is 5.12. The second-order valence-corrected chi connectivity index (χ2v) is 9.02. The third-order valence-corrected chi connectivity index (χ3v) is 6.05. The Morgan fingerprint density at radius 2 is 1.52 bits per heavy atom. The zero-order chi connectivity index (χ0) is 23.4. The van der Waals surface area contributed by atoms with Crippen molar-refractivity contribution in [1.29, 1.82) is 0 Å². The Balaban J connectivity index is 1.56. The van der Waals surface area contributed by atoms with Crippen molar-refractivity contribution >= 4 is 39.6 Å². The lowest BCUT2D eigenvalue weighted by atomic mass is 9.93. The molecule has 0 saturated carbocycles. The molecular weight excluding hydrogens is 438 g/mol. The molecule has 166 valence electrons. The standard InChI is InChI=1S/C25H21N3O4S/c26-33(31,32)20-11-8-19(9-12-20)15-27-16-23-22-14-18(7-6-17-4-2-1-3-5-17)10-13-21(22)24(29)28-25(23)30/h1-14,16,27H,15H2,(H2,26,31,32)(H,28,29,30)/b7-6+,23-16-. The Labute approximate surface area is 191 Å². The van der Waals surface area contributed by atoms with Crippen LogP contribution < -0.4 is 15.8 Å². The minimum Gasteiger partial charge on any atom is -0.386 e. The third kappa shape index (κ3) is 5.25. The normalized spacial score (nSPS) is 14.9. The van der Waals surface area contributed by atoms with Crippen LogP contribution in [0.2, 0.25) is 0 Å². The summed E-state index contributed by atoms with van der Waals surface area (Å²) in [5, 5.41) is 10.5. The predicted octanol–water partition coefficient (Wildman–Crippen LogP) is 2.91. The van der Waals surface area contributed by atoms with E-state index in [2.05, 4.69) is 10.6 Å². The van der Waals surface area contributed by atoms with Crippen molar-refractivity contribution in [3.8, 4) is 0 Å². The number of rotatable bonds is 6. The Kier molecular flexibility index (Phi) is 6.21. The van der Waals surface area contributed by atoms with Crippen molar-refractivity contribution in [1.82, 2.24) is 10.6 Å². The summed E-state index contributed by atoms with van der Waals surface area (Å²) in [5.41, 5.74) is 3.97. The Morgan fingerprint density at radius 1 is 0.818 bits per heavy atom. The number of benzene rings is 3. The van der Waals surface area contributed by atoms with Crippen molar-refractivity contribution < 1.29 is 18.0 Å². The minimum atomic E-state index is -3.75. The average molecular weight is 460 g/mol. The molecule has 33 heavy (non-hydrogen) atoms. The van der Waals surface area contributed by atoms with Crippen molar-refractivity contribution in [3.05, 3.63) is 107 Å². The van der Waals surface area contributed by atoms with Gasteiger partial charge in [-0.3, -0.25) is 14.9 Å². The second kappa shape index (κ2) is 9.23. The minimum absolute atomic E-state index is 0.0276. The molecule has 0 bridgehead atoms. The van der Waals surface area contributed by atoms with Crippen molar-refractivity contribution in [3.63, 3.8) is 0 Å². The molecule has 2 amide bonds. The molecule has 0 atom stereocenters. The maximum absolute atomic E-state index is 12.5. The first-order valence-corrected chi connectivity index (χ1v) is 11.6. The zero-order valence-electron chi connectivity index (χ0n) is 17.5. The quantitative estimate of drug-likeness (QED) is 0.298. The summed E-state index contributed by atoms with van der Waals surface area (Å²) in [5.74, 6) is -0.932. The fourth-order valence-electron chi connectivity index (χ4n) is 3.41. The molecule has 8 heteroatoms. The largest absolute Gasteiger partial charge is 0.386 e. The number of carbonyl (C=O) groups is 2. The number of primary sulfonamides is 1. The van der Waals surface area contributed by atoms with Crippen molar-refractivity contribution in [2.45, 2.75) is 11.4 Å². The second-order valence-electron chi connectivity index (χ2n) is 7.46. The van der Waals surface area contributed by atoms with Gasteiger partial charge in [0.1, 0.15) is 0 Å². The summed E-state index contributed by atoms with van der Waals surface area (Å²) in [4.78, 5) is 24.8. The first-order valence-electron chi connectivity index (χ1n) is 10.1. The molecule has 4 rings (SSSR count). The fourth-order valence-corrected chi connectivity index (χ4v) is 3.93. The van der Waals surface area contributed by atoms with Crippen LogP contribution in [0.15, 0.2) is 83.9 Å². The molecule has 0 unspecified atom stereocenters. The number of sulfonamides is 1. The van der Waals surface area contributed by atoms with Gasteiger partial charge in [-0.15, -0.1) is 0 Å². The molecule has 0 aliphatic carbocycles. The average Bonchev–Trinajstić information content (AvgIpc) is 2.80. The van der Waals surface area contributed by atoms with E-state index in [1.54, 1.807) is 30.5 Å². The summed E-state index contributed by atoms with van der Waals surface area (Å²) in [6.07, 6.45) is 5.43. The van der Waals surface area contributed by atoms with Crippen LogP contribution in [0.25, 0.3) is 17.7 Å². The zero-order valence-corrected chi connectivity index (χ0v) is 18.3. The topological polar surface area (TPSA) is 118 Å². The highest BCUT2D eigenvalue weighted by atomic mass is 32.2. The van der Waals surface area contributed by atoms with Gasteiger partial charge in [-0.25, -0.2) is 13.6 Å². The Morgan fingerprint density at radius 3 is 2.21 bits per heavy atom. The Bertz CT molecular complexity index is 1380. The van der Waals surface area contributed by atoms with E-state index in [1.165, 1.54) is 12.1 Å². The van der Waals surface area contributed by atoms with E-state index in [4.69, 9.17) is 5.14 Å². The van der Waals surface area contributed by atoms with Crippen LogP contribution in [-0.2, 0) is 21.4 Å². The summed E-state index contributed by atoms with van der Waals surface area (Å²) >= 11 is 0. The van der Waals surface area contributed by atoms with E-state index in [0.29, 0.717) is 23.2 Å². The van der Waals surface area contributed by atoms with Crippen LogP contribution in [0.5, 0.6) is 0 Å². The van der Waals surface area contributed by atoms with Crippen molar-refractivity contribution in [2.24, 2.45) is 5.14 Å². The van der Waals surface area contributed by atoms with Gasteiger partial charge in [-0.05, 0) is 41.0 Å². The number of nitrogens with one attached hydrogen (secondary N) is 2. The SMILES string of the molecule is NS(=O)(=O)c1ccc(CN/C=C2\C(=O)NC(=O)c3ccc(/C=C/c4ccccc4)cc32)cc1. The van der Waals surface area contributed by atoms with Crippen molar-refractivity contribution in [2.75, 3.05) is 0 Å². The summed E-state index contributed by atoms with van der Waals surface area (Å²) in [7, 11) is -3.75. The van der Waals surface area contributed by atoms with E-state index >= 15 is 0 Å². The highest BCUT2D eigenvalue weighted by molar-refractivity contribution is 7.89. The number of imide groups is 1. The van der Waals surface area contributed by atoms with Crippen LogP contribution in [0, 0.1) is 0 Å². The van der Waals surface area contributed by atoms with Gasteiger partial charge >= 0.3 is 0 Å². The van der Waals surface area contributed by atoms with Crippen LogP contribution in [0.3, 0.4) is 0 Å². The predicted molar refractivity (Wildman–Crippen MR) is 127 cm³/mol. The van der Waals surface area contributed by atoms with E-state index in [-0.39, 0.29) is 4.90 Å². The number of nitrogens with two attached hydrogens (primary N) is 1. The lowest BCUT2D eigenvalue weighted by molar-refractivity contribution is -0.114. The van der Waals surface area contributed by atoms with Gasteiger partial charge < -0.3 is 5.32 Å². The molecule has 0 aromatic heterocycles. The molecule has 4 N–H and O–H groups in total. The molecule has 0 radical (unpaired) electrons. The molecule has 0 fully saturated rings. The number of hydrogen-bond donors (Lipinski definition) is 3. The van der Waals surface area contributed by atoms with Crippen LogP contribution >= 0.6 is 0 Å². The van der Waals surface area contributed by atoms with Crippen LogP contribution in [0.4, 0.5) is 0 Å². The van der Waals surface area contributed by atoms with Gasteiger partial charge in [0.25, 0.3) is 11.8 Å². The van der Waals surface area contributed by atoms with Gasteiger partial charge in [0, 0.05) is 23.9 Å². The monoisotopic (exact) mass is 459 g/mol. The molecule has 1 aliphatic heterocycles.